The summed E-state index contributed by atoms with van der Waals surface area (Å²) in [5.74, 6) is 0. The highest BCUT2D eigenvalue weighted by Gasteiger charge is 1.92. The molecule has 0 saturated heterocycles. The summed E-state index contributed by atoms with van der Waals surface area (Å²) in [4.78, 5) is 6.75. The number of rotatable bonds is 1. The maximum Gasteiger partial charge on any atom is 0.196 e. The van der Waals surface area contributed by atoms with Crippen LogP contribution in [0.1, 0.15) is 11.2 Å². The highest BCUT2D eigenvalue weighted by Crippen LogP contribution is 2.02. The molecule has 1 heterocycles. The molecule has 1 aromatic rings. The topological polar surface area (TPSA) is 25.8 Å². The van der Waals surface area contributed by atoms with Crippen LogP contribution in [0.5, 0.6) is 0 Å². The number of halogens is 2. The monoisotopic (exact) mass is 194 g/mol. The molecule has 0 aromatic carbocycles. The van der Waals surface area contributed by atoms with E-state index in [1.54, 1.807) is 0 Å². The predicted octanol–water partition coefficient (Wildman–Crippen LogP) is 1.71. The highest BCUT2D eigenvalue weighted by molar-refractivity contribution is 9.10. The van der Waals surface area contributed by atoms with Crippen LogP contribution in [0.15, 0.2) is 16.9 Å². The molecule has 9 heavy (non-hydrogen) atoms. The molecule has 2 nitrogen and oxygen atoms in total. The van der Waals surface area contributed by atoms with Gasteiger partial charge in [-0.25, -0.2) is 14.4 Å². The highest BCUT2D eigenvalue weighted by atomic mass is 79.9. The summed E-state index contributed by atoms with van der Waals surface area (Å²) >= 11 is 2.78. The number of aromatic nitrogens is 2. The molecule has 0 fully saturated rings. The van der Waals surface area contributed by atoms with E-state index < -0.39 is 24.5 Å². The van der Waals surface area contributed by atoms with E-state index >= 15 is 0 Å². The van der Waals surface area contributed by atoms with Crippen molar-refractivity contribution >= 4 is 15.9 Å². The number of hydrogen-bond donors (Lipinski definition) is 0. The van der Waals surface area contributed by atoms with Crippen molar-refractivity contribution < 1.29 is 9.87 Å². The average molecular weight is 195 g/mol. The molecular formula is C5H4BrFN2. The van der Waals surface area contributed by atoms with Crippen molar-refractivity contribution in [1.29, 1.82) is 0 Å². The Labute approximate surface area is 65.9 Å². The first-order chi connectivity index (χ1) is 5.82. The predicted molar refractivity (Wildman–Crippen MR) is 34.5 cm³/mol. The van der Waals surface area contributed by atoms with Gasteiger partial charge in [0.1, 0.15) is 6.63 Å². The lowest BCUT2D eigenvalue weighted by atomic mass is 10.4. The zero-order chi connectivity index (χ0) is 10.2. The van der Waals surface area contributed by atoms with E-state index in [2.05, 4.69) is 25.9 Å². The molecule has 0 unspecified atom stereocenters. The summed E-state index contributed by atoms with van der Waals surface area (Å²) in [5, 5.41) is 0. The second-order valence-corrected chi connectivity index (χ2v) is 1.88. The molecule has 0 aliphatic rings. The average Bonchev–Trinajstić information content (AvgIpc) is 1.94. The Balaban J connectivity index is 3.37. The van der Waals surface area contributed by atoms with E-state index in [4.69, 9.17) is 5.48 Å². The van der Waals surface area contributed by atoms with E-state index in [0.717, 1.165) is 0 Å². The lowest BCUT2D eigenvalue weighted by Crippen LogP contribution is -1.87. The molecule has 0 atom stereocenters. The van der Waals surface area contributed by atoms with E-state index in [-0.39, 0.29) is 4.73 Å². The lowest BCUT2D eigenvalue weighted by Gasteiger charge is -1.90. The summed E-state index contributed by atoms with van der Waals surface area (Å²) in [6.45, 7) is -3.22. The second-order valence-electron chi connectivity index (χ2n) is 1.17. The molecule has 0 aliphatic carbocycles. The quantitative estimate of drug-likeness (QED) is 0.637. The molecule has 1 aromatic heterocycles. The summed E-state index contributed by atoms with van der Waals surface area (Å²) in [7, 11) is 0. The number of hydrogen-bond acceptors (Lipinski definition) is 2. The van der Waals surface area contributed by atoms with Gasteiger partial charge in [0.05, 0.1) is 11.2 Å². The molecular weight excluding hydrogens is 187 g/mol. The lowest BCUT2D eigenvalue weighted by molar-refractivity contribution is 0.474. The number of nitrogens with zero attached hydrogens (tertiary/aromatic N) is 2. The molecule has 1 rings (SSSR count). The van der Waals surface area contributed by atoms with Crippen molar-refractivity contribution in [2.45, 2.75) is 6.63 Å². The first kappa shape index (κ1) is 3.05. The Bertz CT molecular complexity index is 340. The molecule has 0 saturated carbocycles. The van der Waals surface area contributed by atoms with Crippen molar-refractivity contribution in [3.05, 3.63) is 22.6 Å². The zero-order valence-corrected chi connectivity index (χ0v) is 5.74. The smallest absolute Gasteiger partial charge is 0.196 e. The van der Waals surface area contributed by atoms with Gasteiger partial charge in [0.15, 0.2) is 4.73 Å². The molecule has 0 bridgehead atoms. The summed E-state index contributed by atoms with van der Waals surface area (Å²) in [5.41, 5.74) is -0.737. The molecule has 0 aliphatic heterocycles. The van der Waals surface area contributed by atoms with Gasteiger partial charge >= 0.3 is 0 Å². The Morgan fingerprint density at radius 2 is 2.78 bits per heavy atom. The van der Waals surface area contributed by atoms with Crippen LogP contribution < -0.4 is 0 Å². The van der Waals surface area contributed by atoms with Crippen molar-refractivity contribution in [1.82, 2.24) is 9.97 Å². The van der Waals surface area contributed by atoms with E-state index in [0.29, 0.717) is 0 Å². The third-order valence-corrected chi connectivity index (χ3v) is 0.971. The van der Waals surface area contributed by atoms with Gasteiger partial charge < -0.3 is 0 Å². The minimum atomic E-state index is -3.22. The van der Waals surface area contributed by atoms with E-state index in [9.17, 15) is 4.39 Å². The fourth-order valence-corrected chi connectivity index (χ4v) is 0.583. The Morgan fingerprint density at radius 1 is 2.00 bits per heavy atom. The molecule has 0 amide bonds. The third-order valence-electron chi connectivity index (χ3n) is 0.616. The van der Waals surface area contributed by atoms with Gasteiger partial charge in [0, 0.05) is 6.17 Å². The Hall–Kier alpha value is -0.510. The summed E-state index contributed by atoms with van der Waals surface area (Å²) in [6, 6.07) is -0.643. The molecule has 4 heteroatoms. The van der Waals surface area contributed by atoms with Crippen molar-refractivity contribution in [3.8, 4) is 0 Å². The van der Waals surface area contributed by atoms with Crippen LogP contribution >= 0.6 is 15.9 Å². The fraction of sp³-hybridized carbons (Fsp3) is 0.200. The van der Waals surface area contributed by atoms with Gasteiger partial charge in [-0.15, -0.1) is 0 Å². The molecule has 0 N–H and O–H groups in total. The van der Waals surface area contributed by atoms with Gasteiger partial charge in [-0.3, -0.25) is 0 Å². The molecule has 0 spiro atoms. The van der Waals surface area contributed by atoms with Gasteiger partial charge in [0.2, 0.25) is 0 Å². The van der Waals surface area contributed by atoms with E-state index in [1.165, 1.54) is 0 Å². The van der Waals surface area contributed by atoms with Crippen molar-refractivity contribution in [3.63, 3.8) is 0 Å². The maximum absolute atomic E-state index is 12.8. The third kappa shape index (κ3) is 1.71. The van der Waals surface area contributed by atoms with Gasteiger partial charge in [0.25, 0.3) is 0 Å². The molecule has 48 valence electrons. The van der Waals surface area contributed by atoms with Gasteiger partial charge in [-0.05, 0) is 22.0 Å². The van der Waals surface area contributed by atoms with Crippen LogP contribution in [0.2, 0.25) is 0 Å². The van der Waals surface area contributed by atoms with Crippen LogP contribution in [0.4, 0.5) is 4.39 Å². The zero-order valence-electron chi connectivity index (χ0n) is 8.15. The normalized spacial score (nSPS) is 17.6. The van der Waals surface area contributed by atoms with Crippen molar-refractivity contribution in [2.24, 2.45) is 0 Å². The fourth-order valence-electron chi connectivity index (χ4n) is 0.317. The minimum absolute atomic E-state index is 0.106. The first-order valence-electron chi connectivity index (χ1n) is 4.02. The molecule has 0 radical (unpaired) electrons. The SMILES string of the molecule is [2H]c1nc(Br)nc(C([2H])([2H])F)c1[2H]. The Morgan fingerprint density at radius 3 is 3.44 bits per heavy atom. The maximum atomic E-state index is 12.8. The van der Waals surface area contributed by atoms with Crippen LogP contribution in [0, 0.1) is 0 Å². The Kier molecular flexibility index (Phi) is 0.973. The van der Waals surface area contributed by atoms with Crippen LogP contribution in [-0.2, 0) is 6.63 Å². The van der Waals surface area contributed by atoms with Crippen LogP contribution in [-0.4, -0.2) is 9.97 Å². The number of alkyl halides is 1. The van der Waals surface area contributed by atoms with E-state index in [1.807, 2.05) is 0 Å². The van der Waals surface area contributed by atoms with Crippen LogP contribution in [0.25, 0.3) is 0 Å². The largest absolute Gasteiger partial charge is 0.244 e. The first-order valence-corrected chi connectivity index (χ1v) is 2.82. The van der Waals surface area contributed by atoms with Crippen molar-refractivity contribution in [2.75, 3.05) is 0 Å². The summed E-state index contributed by atoms with van der Waals surface area (Å²) < 4.78 is 40.3. The van der Waals surface area contributed by atoms with Crippen LogP contribution in [0.3, 0.4) is 0 Å². The minimum Gasteiger partial charge on any atom is -0.244 e. The van der Waals surface area contributed by atoms with Gasteiger partial charge in [-0.1, -0.05) is 0 Å². The standard InChI is InChI=1S/C5H4BrFN2/c6-5-8-2-1-4(3-7)9-5/h1-2H,3H2/i1D,2D,3D2. The van der Waals surface area contributed by atoms with Gasteiger partial charge in [-0.2, -0.15) is 0 Å². The summed E-state index contributed by atoms with van der Waals surface area (Å²) in [6.07, 6.45) is -0.515. The second kappa shape index (κ2) is 2.87.